The Morgan fingerprint density at radius 2 is 2.14 bits per heavy atom. The van der Waals surface area contributed by atoms with Gasteiger partial charge in [-0.25, -0.2) is 8.78 Å². The van der Waals surface area contributed by atoms with Crippen LogP contribution in [0, 0.1) is 3.57 Å². The molecular formula is C9H5F2IOS. The summed E-state index contributed by atoms with van der Waals surface area (Å²) in [5, 5.41) is 11.8. The number of aromatic hydroxyl groups is 1. The highest BCUT2D eigenvalue weighted by Crippen LogP contribution is 2.39. The topological polar surface area (TPSA) is 20.2 Å². The summed E-state index contributed by atoms with van der Waals surface area (Å²) in [4.78, 5) is 0. The molecule has 0 bridgehead atoms. The summed E-state index contributed by atoms with van der Waals surface area (Å²) < 4.78 is 26.1. The minimum absolute atomic E-state index is 0.00259. The fourth-order valence-electron chi connectivity index (χ4n) is 1.28. The molecule has 1 heterocycles. The van der Waals surface area contributed by atoms with E-state index in [1.165, 1.54) is 17.4 Å². The number of thiophene rings is 1. The van der Waals surface area contributed by atoms with Crippen molar-refractivity contribution in [2.45, 2.75) is 6.43 Å². The lowest BCUT2D eigenvalue weighted by Gasteiger charge is -2.05. The Kier molecular flexibility index (Phi) is 2.61. The van der Waals surface area contributed by atoms with Crippen molar-refractivity contribution in [2.24, 2.45) is 0 Å². The van der Waals surface area contributed by atoms with E-state index in [0.717, 1.165) is 0 Å². The third-order valence-electron chi connectivity index (χ3n) is 1.93. The standard InChI is InChI=1S/C9H5F2IOS/c10-9(11)5-3-6(12)7(13)4-1-2-14-8(4)5/h1-3,9,13H. The van der Waals surface area contributed by atoms with Crippen LogP contribution in [0.2, 0.25) is 0 Å². The van der Waals surface area contributed by atoms with Crippen LogP contribution < -0.4 is 0 Å². The molecule has 0 unspecified atom stereocenters. The Balaban J connectivity index is 2.84. The second-order valence-electron chi connectivity index (χ2n) is 2.76. The Labute approximate surface area is 96.5 Å². The normalized spacial score (nSPS) is 11.4. The van der Waals surface area contributed by atoms with Crippen LogP contribution in [0.5, 0.6) is 5.75 Å². The van der Waals surface area contributed by atoms with Crippen LogP contribution >= 0.6 is 33.9 Å². The number of hydrogen-bond donors (Lipinski definition) is 1. The van der Waals surface area contributed by atoms with Gasteiger partial charge in [0.1, 0.15) is 5.75 Å². The predicted octanol–water partition coefficient (Wildman–Crippen LogP) is 4.15. The minimum Gasteiger partial charge on any atom is -0.506 e. The number of fused-ring (bicyclic) bond motifs is 1. The molecule has 0 amide bonds. The molecule has 74 valence electrons. The van der Waals surface area contributed by atoms with Gasteiger partial charge >= 0.3 is 0 Å². The second kappa shape index (κ2) is 3.62. The molecule has 0 aliphatic heterocycles. The van der Waals surface area contributed by atoms with Crippen molar-refractivity contribution < 1.29 is 13.9 Å². The van der Waals surface area contributed by atoms with Gasteiger partial charge in [0.2, 0.25) is 0 Å². The van der Waals surface area contributed by atoms with Crippen LogP contribution in [0.15, 0.2) is 17.5 Å². The number of phenols is 1. The largest absolute Gasteiger partial charge is 0.506 e. The molecule has 0 fully saturated rings. The first-order chi connectivity index (χ1) is 6.61. The molecule has 0 spiro atoms. The SMILES string of the molecule is Oc1c(I)cc(C(F)F)c2sccc12. The van der Waals surface area contributed by atoms with Gasteiger partial charge in [-0.2, -0.15) is 0 Å². The van der Waals surface area contributed by atoms with E-state index in [0.29, 0.717) is 13.7 Å². The lowest BCUT2D eigenvalue weighted by atomic mass is 10.1. The van der Waals surface area contributed by atoms with Gasteiger partial charge in [-0.05, 0) is 40.1 Å². The molecule has 14 heavy (non-hydrogen) atoms. The van der Waals surface area contributed by atoms with E-state index in [-0.39, 0.29) is 11.3 Å². The molecule has 2 rings (SSSR count). The third-order valence-corrected chi connectivity index (χ3v) is 3.71. The summed E-state index contributed by atoms with van der Waals surface area (Å²) in [6.45, 7) is 0. The maximum atomic E-state index is 12.6. The smallest absolute Gasteiger partial charge is 0.265 e. The van der Waals surface area contributed by atoms with Gasteiger partial charge in [-0.1, -0.05) is 0 Å². The zero-order valence-corrected chi connectivity index (χ0v) is 9.77. The van der Waals surface area contributed by atoms with E-state index in [2.05, 4.69) is 0 Å². The fraction of sp³-hybridized carbons (Fsp3) is 0.111. The van der Waals surface area contributed by atoms with Crippen LogP contribution in [-0.2, 0) is 0 Å². The van der Waals surface area contributed by atoms with Crippen molar-refractivity contribution in [1.29, 1.82) is 0 Å². The fourth-order valence-corrected chi connectivity index (χ4v) is 2.82. The molecule has 1 aromatic carbocycles. The molecule has 0 aliphatic rings. The molecule has 0 saturated heterocycles. The van der Waals surface area contributed by atoms with Crippen LogP contribution in [0.1, 0.15) is 12.0 Å². The Hall–Kier alpha value is -0.430. The average molecular weight is 326 g/mol. The minimum atomic E-state index is -2.50. The van der Waals surface area contributed by atoms with Gasteiger partial charge in [0, 0.05) is 15.6 Å². The van der Waals surface area contributed by atoms with Gasteiger partial charge in [-0.15, -0.1) is 11.3 Å². The van der Waals surface area contributed by atoms with Crippen molar-refractivity contribution in [2.75, 3.05) is 0 Å². The Morgan fingerprint density at radius 3 is 2.79 bits per heavy atom. The van der Waals surface area contributed by atoms with Crippen molar-refractivity contribution in [3.05, 3.63) is 26.6 Å². The molecule has 0 atom stereocenters. The van der Waals surface area contributed by atoms with Crippen LogP contribution in [-0.4, -0.2) is 5.11 Å². The third kappa shape index (κ3) is 1.48. The summed E-state index contributed by atoms with van der Waals surface area (Å²) in [5.41, 5.74) is -0.00259. The quantitative estimate of drug-likeness (QED) is 0.781. The van der Waals surface area contributed by atoms with E-state index in [4.69, 9.17) is 0 Å². The maximum absolute atomic E-state index is 12.6. The van der Waals surface area contributed by atoms with Gasteiger partial charge in [0.25, 0.3) is 6.43 Å². The lowest BCUT2D eigenvalue weighted by molar-refractivity contribution is 0.153. The molecule has 0 saturated carbocycles. The van der Waals surface area contributed by atoms with Crippen molar-refractivity contribution in [1.82, 2.24) is 0 Å². The maximum Gasteiger partial charge on any atom is 0.265 e. The highest BCUT2D eigenvalue weighted by molar-refractivity contribution is 14.1. The molecule has 5 heteroatoms. The molecule has 1 N–H and O–H groups in total. The number of benzene rings is 1. The second-order valence-corrected chi connectivity index (χ2v) is 4.84. The average Bonchev–Trinajstić information content (AvgIpc) is 2.59. The summed E-state index contributed by atoms with van der Waals surface area (Å²) in [5.74, 6) is 0.0891. The summed E-state index contributed by atoms with van der Waals surface area (Å²) in [6.07, 6.45) is -2.50. The molecule has 1 aromatic heterocycles. The molecule has 0 radical (unpaired) electrons. The van der Waals surface area contributed by atoms with Crippen LogP contribution in [0.4, 0.5) is 8.78 Å². The predicted molar refractivity (Wildman–Crippen MR) is 61.2 cm³/mol. The zero-order valence-electron chi connectivity index (χ0n) is 6.80. The van der Waals surface area contributed by atoms with E-state index < -0.39 is 6.43 Å². The van der Waals surface area contributed by atoms with E-state index in [9.17, 15) is 13.9 Å². The van der Waals surface area contributed by atoms with Crippen molar-refractivity contribution in [3.63, 3.8) is 0 Å². The Bertz CT molecular complexity index is 481. The first-order valence-corrected chi connectivity index (χ1v) is 5.74. The first kappa shape index (κ1) is 10.1. The highest BCUT2D eigenvalue weighted by atomic mass is 127. The molecule has 0 aliphatic carbocycles. The number of rotatable bonds is 1. The van der Waals surface area contributed by atoms with Gasteiger partial charge in [-0.3, -0.25) is 0 Å². The van der Waals surface area contributed by atoms with Crippen molar-refractivity contribution >= 4 is 44.0 Å². The molecule has 2 aromatic rings. The summed E-state index contributed by atoms with van der Waals surface area (Å²) >= 11 is 3.07. The van der Waals surface area contributed by atoms with E-state index >= 15 is 0 Å². The number of alkyl halides is 2. The number of halogens is 3. The van der Waals surface area contributed by atoms with Crippen molar-refractivity contribution in [3.8, 4) is 5.75 Å². The monoisotopic (exact) mass is 326 g/mol. The van der Waals surface area contributed by atoms with Crippen LogP contribution in [0.25, 0.3) is 10.1 Å². The lowest BCUT2D eigenvalue weighted by Crippen LogP contribution is -1.86. The first-order valence-electron chi connectivity index (χ1n) is 3.78. The van der Waals surface area contributed by atoms with Gasteiger partial charge < -0.3 is 5.11 Å². The van der Waals surface area contributed by atoms with Gasteiger partial charge in [0.15, 0.2) is 0 Å². The molecular weight excluding hydrogens is 321 g/mol. The number of phenolic OH excluding ortho intramolecular Hbond substituents is 1. The van der Waals surface area contributed by atoms with E-state index in [1.807, 2.05) is 22.6 Å². The summed E-state index contributed by atoms with van der Waals surface area (Å²) in [7, 11) is 0. The Morgan fingerprint density at radius 1 is 1.43 bits per heavy atom. The highest BCUT2D eigenvalue weighted by Gasteiger charge is 2.17. The zero-order chi connectivity index (χ0) is 10.3. The number of hydrogen-bond acceptors (Lipinski definition) is 2. The van der Waals surface area contributed by atoms with Crippen LogP contribution in [0.3, 0.4) is 0 Å². The molecule has 1 nitrogen and oxygen atoms in total. The van der Waals surface area contributed by atoms with Gasteiger partial charge in [0.05, 0.1) is 3.57 Å². The van der Waals surface area contributed by atoms with E-state index in [1.54, 1.807) is 11.4 Å². The summed E-state index contributed by atoms with van der Waals surface area (Å²) in [6, 6.07) is 2.99.